The van der Waals surface area contributed by atoms with Gasteiger partial charge in [-0.3, -0.25) is 4.79 Å². The summed E-state index contributed by atoms with van der Waals surface area (Å²) in [6.45, 7) is 0.476. The minimum atomic E-state index is -0.398. The summed E-state index contributed by atoms with van der Waals surface area (Å²) in [7, 11) is 1.65. The SMILES string of the molecule is COc1ccccc1CCOc1cccc(NC(=O)c2cc(Br)ccc2O)c1. The Hall–Kier alpha value is -2.99. The summed E-state index contributed by atoms with van der Waals surface area (Å²) in [5.41, 5.74) is 1.84. The second kappa shape index (κ2) is 9.28. The summed E-state index contributed by atoms with van der Waals surface area (Å²) in [4.78, 5) is 12.4. The summed E-state index contributed by atoms with van der Waals surface area (Å²) in [5.74, 6) is 1.00. The molecule has 0 spiro atoms. The van der Waals surface area contributed by atoms with E-state index in [4.69, 9.17) is 9.47 Å². The standard InChI is InChI=1S/C22H20BrNO4/c1-27-21-8-3-2-5-15(21)11-12-28-18-7-4-6-17(14-18)24-22(26)19-13-16(23)9-10-20(19)25/h2-10,13-14,25H,11-12H2,1H3,(H,24,26). The first-order chi connectivity index (χ1) is 13.6. The first-order valence-electron chi connectivity index (χ1n) is 8.71. The lowest BCUT2D eigenvalue weighted by Crippen LogP contribution is -2.12. The number of carbonyl (C=O) groups excluding carboxylic acids is 1. The quantitative estimate of drug-likeness (QED) is 0.538. The highest BCUT2D eigenvalue weighted by atomic mass is 79.9. The second-order valence-corrected chi connectivity index (χ2v) is 6.97. The predicted octanol–water partition coefficient (Wildman–Crippen LogP) is 5.04. The number of phenolic OH excluding ortho intramolecular Hbond substituents is 1. The molecular weight excluding hydrogens is 422 g/mol. The van der Waals surface area contributed by atoms with Gasteiger partial charge in [0, 0.05) is 22.6 Å². The van der Waals surface area contributed by atoms with Crippen LogP contribution in [0.15, 0.2) is 71.2 Å². The van der Waals surface area contributed by atoms with Gasteiger partial charge in [0.05, 0.1) is 19.3 Å². The summed E-state index contributed by atoms with van der Waals surface area (Å²) in [5, 5.41) is 12.7. The second-order valence-electron chi connectivity index (χ2n) is 6.05. The van der Waals surface area contributed by atoms with Gasteiger partial charge < -0.3 is 19.9 Å². The van der Waals surface area contributed by atoms with Crippen molar-refractivity contribution in [3.8, 4) is 17.2 Å². The lowest BCUT2D eigenvalue weighted by molar-refractivity contribution is 0.102. The van der Waals surface area contributed by atoms with Gasteiger partial charge in [0.15, 0.2) is 0 Å². The molecule has 3 aromatic rings. The van der Waals surface area contributed by atoms with E-state index in [9.17, 15) is 9.90 Å². The number of benzene rings is 3. The summed E-state index contributed by atoms with van der Waals surface area (Å²) < 4.78 is 11.9. The molecule has 0 unspecified atom stereocenters. The molecule has 0 saturated heterocycles. The lowest BCUT2D eigenvalue weighted by atomic mass is 10.1. The van der Waals surface area contributed by atoms with Crippen LogP contribution in [0.3, 0.4) is 0 Å². The molecule has 3 rings (SSSR count). The molecule has 144 valence electrons. The monoisotopic (exact) mass is 441 g/mol. The Balaban J connectivity index is 1.62. The number of rotatable bonds is 7. The van der Waals surface area contributed by atoms with Crippen molar-refractivity contribution in [2.24, 2.45) is 0 Å². The Kier molecular flexibility index (Phi) is 6.55. The molecule has 0 aromatic heterocycles. The largest absolute Gasteiger partial charge is 0.507 e. The molecule has 0 aliphatic heterocycles. The van der Waals surface area contributed by atoms with Gasteiger partial charge in [-0.1, -0.05) is 40.2 Å². The van der Waals surface area contributed by atoms with Crippen molar-refractivity contribution in [3.05, 3.63) is 82.3 Å². The average molecular weight is 442 g/mol. The van der Waals surface area contributed by atoms with Crippen molar-refractivity contribution in [1.82, 2.24) is 0 Å². The molecule has 0 bridgehead atoms. The van der Waals surface area contributed by atoms with Gasteiger partial charge in [-0.2, -0.15) is 0 Å². The van der Waals surface area contributed by atoms with Gasteiger partial charge in [0.25, 0.3) is 5.91 Å². The number of phenols is 1. The van der Waals surface area contributed by atoms with Crippen molar-refractivity contribution < 1.29 is 19.4 Å². The number of para-hydroxylation sites is 1. The molecule has 0 aliphatic carbocycles. The van der Waals surface area contributed by atoms with E-state index in [0.717, 1.165) is 11.3 Å². The maximum absolute atomic E-state index is 12.4. The van der Waals surface area contributed by atoms with E-state index >= 15 is 0 Å². The molecule has 0 heterocycles. The highest BCUT2D eigenvalue weighted by Crippen LogP contribution is 2.24. The first-order valence-corrected chi connectivity index (χ1v) is 9.51. The molecular formula is C22H20BrNO4. The molecule has 1 amide bonds. The third-order valence-electron chi connectivity index (χ3n) is 4.13. The number of carbonyl (C=O) groups is 1. The molecule has 5 nitrogen and oxygen atoms in total. The number of anilines is 1. The predicted molar refractivity (Wildman–Crippen MR) is 112 cm³/mol. The van der Waals surface area contributed by atoms with E-state index < -0.39 is 5.91 Å². The van der Waals surface area contributed by atoms with Crippen LogP contribution in [0.1, 0.15) is 15.9 Å². The van der Waals surface area contributed by atoms with Gasteiger partial charge in [-0.15, -0.1) is 0 Å². The van der Waals surface area contributed by atoms with E-state index in [1.165, 1.54) is 6.07 Å². The van der Waals surface area contributed by atoms with E-state index in [2.05, 4.69) is 21.2 Å². The zero-order chi connectivity index (χ0) is 19.9. The van der Waals surface area contributed by atoms with E-state index in [1.54, 1.807) is 37.4 Å². The highest BCUT2D eigenvalue weighted by molar-refractivity contribution is 9.10. The maximum Gasteiger partial charge on any atom is 0.259 e. The molecule has 2 N–H and O–H groups in total. The maximum atomic E-state index is 12.4. The van der Waals surface area contributed by atoms with Crippen LogP contribution in [0.2, 0.25) is 0 Å². The minimum absolute atomic E-state index is 0.0788. The topological polar surface area (TPSA) is 67.8 Å². The van der Waals surface area contributed by atoms with Gasteiger partial charge in [-0.05, 0) is 42.0 Å². The molecule has 0 radical (unpaired) electrons. The first kappa shape index (κ1) is 19.8. The Bertz CT molecular complexity index is 974. The van der Waals surface area contributed by atoms with Crippen LogP contribution in [-0.4, -0.2) is 24.7 Å². The molecule has 28 heavy (non-hydrogen) atoms. The number of amides is 1. The van der Waals surface area contributed by atoms with Crippen molar-refractivity contribution in [1.29, 1.82) is 0 Å². The van der Waals surface area contributed by atoms with Gasteiger partial charge >= 0.3 is 0 Å². The van der Waals surface area contributed by atoms with Crippen LogP contribution in [0, 0.1) is 0 Å². The van der Waals surface area contributed by atoms with Crippen LogP contribution >= 0.6 is 15.9 Å². The van der Waals surface area contributed by atoms with Crippen molar-refractivity contribution in [3.63, 3.8) is 0 Å². The fourth-order valence-corrected chi connectivity index (χ4v) is 3.10. The number of ether oxygens (including phenoxy) is 2. The summed E-state index contributed by atoms with van der Waals surface area (Å²) >= 11 is 3.30. The van der Waals surface area contributed by atoms with Crippen LogP contribution in [0.5, 0.6) is 17.2 Å². The Morgan fingerprint density at radius 1 is 1.07 bits per heavy atom. The average Bonchev–Trinajstić information content (AvgIpc) is 2.70. The van der Waals surface area contributed by atoms with Crippen molar-refractivity contribution >= 4 is 27.5 Å². The smallest absolute Gasteiger partial charge is 0.259 e. The Morgan fingerprint density at radius 3 is 2.71 bits per heavy atom. The van der Waals surface area contributed by atoms with Crippen LogP contribution in [0.4, 0.5) is 5.69 Å². The zero-order valence-corrected chi connectivity index (χ0v) is 16.9. The van der Waals surface area contributed by atoms with Crippen LogP contribution in [-0.2, 0) is 6.42 Å². The molecule has 6 heteroatoms. The molecule has 3 aromatic carbocycles. The van der Waals surface area contributed by atoms with E-state index in [0.29, 0.717) is 28.9 Å². The highest BCUT2D eigenvalue weighted by Gasteiger charge is 2.12. The zero-order valence-electron chi connectivity index (χ0n) is 15.3. The number of halogens is 1. The lowest BCUT2D eigenvalue weighted by Gasteiger charge is -2.11. The third-order valence-corrected chi connectivity index (χ3v) is 4.62. The van der Waals surface area contributed by atoms with Gasteiger partial charge in [0.1, 0.15) is 17.2 Å². The normalized spacial score (nSPS) is 10.4. The minimum Gasteiger partial charge on any atom is -0.507 e. The number of nitrogens with one attached hydrogen (secondary N) is 1. The van der Waals surface area contributed by atoms with Crippen LogP contribution in [0.25, 0.3) is 0 Å². The van der Waals surface area contributed by atoms with Gasteiger partial charge in [-0.25, -0.2) is 0 Å². The van der Waals surface area contributed by atoms with E-state index in [1.807, 2.05) is 30.3 Å². The molecule has 0 saturated carbocycles. The van der Waals surface area contributed by atoms with Gasteiger partial charge in [0.2, 0.25) is 0 Å². The van der Waals surface area contributed by atoms with Crippen molar-refractivity contribution in [2.45, 2.75) is 6.42 Å². The molecule has 0 fully saturated rings. The van der Waals surface area contributed by atoms with Crippen LogP contribution < -0.4 is 14.8 Å². The number of aromatic hydroxyl groups is 1. The molecule has 0 aliphatic rings. The van der Waals surface area contributed by atoms with E-state index in [-0.39, 0.29) is 11.3 Å². The number of hydrogen-bond acceptors (Lipinski definition) is 4. The number of methoxy groups -OCH3 is 1. The third kappa shape index (κ3) is 5.04. The van der Waals surface area contributed by atoms with Crippen molar-refractivity contribution in [2.75, 3.05) is 19.0 Å². The fraction of sp³-hybridized carbons (Fsp3) is 0.136. The summed E-state index contributed by atoms with van der Waals surface area (Å²) in [6.07, 6.45) is 0.701. The molecule has 0 atom stereocenters. The Labute approximate surface area is 172 Å². The number of hydrogen-bond donors (Lipinski definition) is 2. The Morgan fingerprint density at radius 2 is 1.89 bits per heavy atom. The summed E-state index contributed by atoms with van der Waals surface area (Å²) in [6, 6.07) is 19.7. The fourth-order valence-electron chi connectivity index (χ4n) is 2.74.